The van der Waals surface area contributed by atoms with Crippen molar-refractivity contribution in [2.45, 2.75) is 22.1 Å². The molecular formula is C58H42N2S. The number of hydrogen-bond donors (Lipinski definition) is 0. The predicted octanol–water partition coefficient (Wildman–Crippen LogP) is 15.9. The molecule has 0 radical (unpaired) electrons. The van der Waals surface area contributed by atoms with Crippen molar-refractivity contribution in [3.63, 3.8) is 0 Å². The van der Waals surface area contributed by atoms with Crippen molar-refractivity contribution in [3.05, 3.63) is 253 Å². The van der Waals surface area contributed by atoms with Gasteiger partial charge >= 0.3 is 0 Å². The molecule has 1 unspecified atom stereocenters. The standard InChI is InChI=1S/C58H42N2S/c1-5-15-41(16-6-1)43-25-32-49(33-26-43)59(50-34-27-44(28-35-50)42-17-7-2-8-18-42)51-36-29-45(30-37-51)47-31-38-53-55(39-47)60(48-21-11-4-12-22-48)56-40-54(46-19-9-3-10-20-46)52-23-13-14-24-57(52)61-58(53)56/h1-39,54H,40H2. The first-order valence-electron chi connectivity index (χ1n) is 21.0. The topological polar surface area (TPSA) is 8.17 Å². The number of aromatic nitrogens is 1. The van der Waals surface area contributed by atoms with E-state index in [9.17, 15) is 0 Å². The van der Waals surface area contributed by atoms with Crippen LogP contribution in [-0.2, 0) is 6.42 Å². The molecule has 0 amide bonds. The van der Waals surface area contributed by atoms with E-state index >= 15 is 0 Å². The van der Waals surface area contributed by atoms with Crippen LogP contribution in [0.1, 0.15) is 22.7 Å². The summed E-state index contributed by atoms with van der Waals surface area (Å²) >= 11 is 1.92. The van der Waals surface area contributed by atoms with E-state index in [2.05, 4.69) is 246 Å². The van der Waals surface area contributed by atoms with Gasteiger partial charge in [-0.1, -0.05) is 188 Å². The molecule has 0 N–H and O–H groups in total. The van der Waals surface area contributed by atoms with E-state index in [0.717, 1.165) is 23.5 Å². The summed E-state index contributed by atoms with van der Waals surface area (Å²) in [5.74, 6) is 0.247. The zero-order chi connectivity index (χ0) is 40.5. The number of fused-ring (bicyclic) bond motifs is 4. The van der Waals surface area contributed by atoms with Crippen molar-refractivity contribution >= 4 is 39.7 Å². The minimum Gasteiger partial charge on any atom is -0.312 e. The molecule has 1 aliphatic heterocycles. The second kappa shape index (κ2) is 16.0. The first-order chi connectivity index (χ1) is 30.2. The lowest BCUT2D eigenvalue weighted by Gasteiger charge is -2.26. The maximum Gasteiger partial charge on any atom is 0.0549 e. The minimum atomic E-state index is 0.247. The number of hydrogen-bond acceptors (Lipinski definition) is 2. The molecule has 1 aliphatic rings. The molecule has 11 rings (SSSR count). The summed E-state index contributed by atoms with van der Waals surface area (Å²) in [6.07, 6.45) is 0.908. The lowest BCUT2D eigenvalue weighted by molar-refractivity contribution is 0.750. The Balaban J connectivity index is 0.996. The van der Waals surface area contributed by atoms with Crippen LogP contribution in [0.25, 0.3) is 50.0 Å². The molecule has 0 saturated heterocycles. The van der Waals surface area contributed by atoms with E-state index in [1.165, 1.54) is 76.6 Å². The first-order valence-corrected chi connectivity index (χ1v) is 21.8. The molecule has 290 valence electrons. The van der Waals surface area contributed by atoms with Gasteiger partial charge in [-0.25, -0.2) is 0 Å². The van der Waals surface area contributed by atoms with Crippen LogP contribution in [0, 0.1) is 0 Å². The molecular weight excluding hydrogens is 757 g/mol. The average Bonchev–Trinajstić information content (AvgIpc) is 3.53. The molecule has 0 bridgehead atoms. The maximum atomic E-state index is 2.53. The molecule has 2 heterocycles. The van der Waals surface area contributed by atoms with E-state index in [4.69, 9.17) is 0 Å². The summed E-state index contributed by atoms with van der Waals surface area (Å²) < 4.78 is 2.53. The highest BCUT2D eigenvalue weighted by Gasteiger charge is 2.29. The molecule has 10 aromatic rings. The van der Waals surface area contributed by atoms with E-state index in [-0.39, 0.29) is 5.92 Å². The third kappa shape index (κ3) is 7.03. The quantitative estimate of drug-likeness (QED) is 0.151. The SMILES string of the molecule is c1ccc(-c2ccc(N(c3ccc(-c4ccccc4)cc3)c3ccc(-c4ccc5c6c(n(-c7ccccc7)c5c4)CC(c4ccccc4)c4ccccc4S6)cc3)cc2)cc1. The largest absolute Gasteiger partial charge is 0.312 e. The molecule has 61 heavy (non-hydrogen) atoms. The molecule has 0 aliphatic carbocycles. The molecule has 1 aromatic heterocycles. The fourth-order valence-corrected chi connectivity index (χ4v) is 10.3. The Kier molecular flexibility index (Phi) is 9.65. The fourth-order valence-electron chi connectivity index (χ4n) is 9.04. The van der Waals surface area contributed by atoms with Crippen LogP contribution in [0.4, 0.5) is 17.1 Å². The van der Waals surface area contributed by atoms with E-state index in [0.29, 0.717) is 0 Å². The van der Waals surface area contributed by atoms with Crippen molar-refractivity contribution < 1.29 is 0 Å². The molecule has 2 nitrogen and oxygen atoms in total. The second-order valence-electron chi connectivity index (χ2n) is 15.7. The smallest absolute Gasteiger partial charge is 0.0549 e. The van der Waals surface area contributed by atoms with Crippen LogP contribution < -0.4 is 4.90 Å². The summed E-state index contributed by atoms with van der Waals surface area (Å²) in [6, 6.07) is 86.0. The molecule has 9 aromatic carbocycles. The number of para-hydroxylation sites is 1. The number of anilines is 3. The van der Waals surface area contributed by atoms with Gasteiger partial charge in [-0.3, -0.25) is 0 Å². The fraction of sp³-hybridized carbons (Fsp3) is 0.0345. The van der Waals surface area contributed by atoms with E-state index in [1.54, 1.807) is 0 Å². The van der Waals surface area contributed by atoms with Gasteiger partial charge in [0.2, 0.25) is 0 Å². The summed E-state index contributed by atoms with van der Waals surface area (Å²) in [5, 5.41) is 1.29. The van der Waals surface area contributed by atoms with Gasteiger partial charge < -0.3 is 9.47 Å². The second-order valence-corrected chi connectivity index (χ2v) is 16.7. The average molecular weight is 799 g/mol. The van der Waals surface area contributed by atoms with Crippen LogP contribution >= 0.6 is 11.8 Å². The lowest BCUT2D eigenvalue weighted by atomic mass is 9.87. The zero-order valence-corrected chi connectivity index (χ0v) is 34.4. The van der Waals surface area contributed by atoms with Crippen LogP contribution in [0.5, 0.6) is 0 Å². The summed E-state index contributed by atoms with van der Waals surface area (Å²) in [7, 11) is 0. The van der Waals surface area contributed by atoms with Crippen molar-refractivity contribution in [1.29, 1.82) is 0 Å². The Labute approximate surface area is 362 Å². The normalized spacial score (nSPS) is 13.3. The summed E-state index contributed by atoms with van der Waals surface area (Å²) in [4.78, 5) is 5.03. The van der Waals surface area contributed by atoms with Gasteiger partial charge in [-0.2, -0.15) is 0 Å². The van der Waals surface area contributed by atoms with Gasteiger partial charge in [0.25, 0.3) is 0 Å². The minimum absolute atomic E-state index is 0.247. The zero-order valence-electron chi connectivity index (χ0n) is 33.6. The van der Waals surface area contributed by atoms with Gasteiger partial charge in [0, 0.05) is 56.0 Å². The lowest BCUT2D eigenvalue weighted by Crippen LogP contribution is -2.09. The summed E-state index contributed by atoms with van der Waals surface area (Å²) in [6.45, 7) is 0. The maximum absolute atomic E-state index is 2.53. The number of benzene rings is 9. The highest BCUT2D eigenvalue weighted by atomic mass is 32.2. The predicted molar refractivity (Wildman–Crippen MR) is 257 cm³/mol. The van der Waals surface area contributed by atoms with Crippen molar-refractivity contribution in [1.82, 2.24) is 4.57 Å². The van der Waals surface area contributed by atoms with E-state index in [1.807, 2.05) is 11.8 Å². The van der Waals surface area contributed by atoms with Crippen LogP contribution in [0.15, 0.2) is 246 Å². The van der Waals surface area contributed by atoms with Gasteiger partial charge in [0.1, 0.15) is 0 Å². The Morgan fingerprint density at radius 3 is 1.41 bits per heavy atom. The Morgan fingerprint density at radius 2 is 0.852 bits per heavy atom. The molecule has 3 heteroatoms. The Bertz CT molecular complexity index is 3000. The molecule has 0 spiro atoms. The number of rotatable bonds is 8. The molecule has 0 fully saturated rings. The van der Waals surface area contributed by atoms with Crippen molar-refractivity contribution in [2.24, 2.45) is 0 Å². The Morgan fingerprint density at radius 1 is 0.410 bits per heavy atom. The van der Waals surface area contributed by atoms with Crippen LogP contribution in [0.2, 0.25) is 0 Å². The third-order valence-corrected chi connectivity index (χ3v) is 13.3. The van der Waals surface area contributed by atoms with Gasteiger partial charge in [0.05, 0.1) is 5.52 Å². The molecule has 1 atom stereocenters. The first kappa shape index (κ1) is 36.7. The Hall–Kier alpha value is -7.33. The van der Waals surface area contributed by atoms with Crippen molar-refractivity contribution in [3.8, 4) is 39.1 Å². The van der Waals surface area contributed by atoms with Gasteiger partial charge in [-0.15, -0.1) is 0 Å². The number of nitrogens with zero attached hydrogens (tertiary/aromatic N) is 2. The van der Waals surface area contributed by atoms with Gasteiger partial charge in [0.15, 0.2) is 0 Å². The highest BCUT2D eigenvalue weighted by molar-refractivity contribution is 7.99. The third-order valence-electron chi connectivity index (χ3n) is 12.1. The molecule has 0 saturated carbocycles. The summed E-state index contributed by atoms with van der Waals surface area (Å²) in [5.41, 5.74) is 17.0. The van der Waals surface area contributed by atoms with Crippen LogP contribution in [-0.4, -0.2) is 4.57 Å². The monoisotopic (exact) mass is 798 g/mol. The van der Waals surface area contributed by atoms with Crippen LogP contribution in [0.3, 0.4) is 0 Å². The van der Waals surface area contributed by atoms with Crippen molar-refractivity contribution in [2.75, 3.05) is 4.90 Å². The highest BCUT2D eigenvalue weighted by Crippen LogP contribution is 2.49. The van der Waals surface area contributed by atoms with E-state index < -0.39 is 0 Å². The van der Waals surface area contributed by atoms with Gasteiger partial charge in [-0.05, 0) is 105 Å².